The summed E-state index contributed by atoms with van der Waals surface area (Å²) in [4.78, 5) is 31.1. The van der Waals surface area contributed by atoms with Crippen molar-refractivity contribution in [2.75, 3.05) is 50.7 Å². The van der Waals surface area contributed by atoms with Crippen LogP contribution in [0.3, 0.4) is 0 Å². The molecule has 2 fully saturated rings. The monoisotopic (exact) mass is 493 g/mol. The first-order valence-electron chi connectivity index (χ1n) is 12.3. The number of halogens is 3. The van der Waals surface area contributed by atoms with Gasteiger partial charge < -0.3 is 20.0 Å². The molecule has 1 aromatic carbocycles. The third-order valence-electron chi connectivity index (χ3n) is 7.30. The number of nitrogens with zero attached hydrogens (tertiary/aromatic N) is 4. The van der Waals surface area contributed by atoms with Gasteiger partial charge in [-0.15, -0.1) is 0 Å². The van der Waals surface area contributed by atoms with Gasteiger partial charge in [-0.1, -0.05) is 0 Å². The first-order valence-corrected chi connectivity index (χ1v) is 12.3. The summed E-state index contributed by atoms with van der Waals surface area (Å²) in [7, 11) is 0. The average Bonchev–Trinajstić information content (AvgIpc) is 3.30. The molecule has 3 rings (SSSR count). The Morgan fingerprint density at radius 1 is 1.14 bits per heavy atom. The fraction of sp³-hybridized carbons (Fsp3) is 0.640. The van der Waals surface area contributed by atoms with Crippen LogP contribution in [0.5, 0.6) is 0 Å². The van der Waals surface area contributed by atoms with E-state index in [1.165, 1.54) is 12.1 Å². The molecule has 2 aliphatic rings. The van der Waals surface area contributed by atoms with Gasteiger partial charge in [0, 0.05) is 51.5 Å². The maximum absolute atomic E-state index is 13.5. The van der Waals surface area contributed by atoms with Crippen molar-refractivity contribution in [1.82, 2.24) is 15.1 Å². The molecule has 0 spiro atoms. The van der Waals surface area contributed by atoms with Crippen molar-refractivity contribution in [2.45, 2.75) is 39.8 Å². The largest absolute Gasteiger partial charge is 0.417 e. The predicted molar refractivity (Wildman–Crippen MR) is 127 cm³/mol. The summed E-state index contributed by atoms with van der Waals surface area (Å²) in [5, 5.41) is 12.0. The Morgan fingerprint density at radius 3 is 2.34 bits per heavy atom. The van der Waals surface area contributed by atoms with Gasteiger partial charge in [0.2, 0.25) is 5.91 Å². The molecule has 3 amide bonds. The Labute approximate surface area is 204 Å². The van der Waals surface area contributed by atoms with E-state index in [1.807, 2.05) is 30.6 Å². The van der Waals surface area contributed by atoms with Crippen molar-refractivity contribution in [1.29, 1.82) is 5.26 Å². The highest BCUT2D eigenvalue weighted by Crippen LogP contribution is 2.40. The molecule has 2 aliphatic heterocycles. The third kappa shape index (κ3) is 5.82. The summed E-state index contributed by atoms with van der Waals surface area (Å²) in [5.41, 5.74) is -1.01. The average molecular weight is 494 g/mol. The quantitative estimate of drug-likeness (QED) is 0.651. The van der Waals surface area contributed by atoms with E-state index in [0.717, 1.165) is 18.9 Å². The lowest BCUT2D eigenvalue weighted by atomic mass is 9.78. The van der Waals surface area contributed by atoms with Gasteiger partial charge in [-0.05, 0) is 63.6 Å². The van der Waals surface area contributed by atoms with Crippen molar-refractivity contribution >= 4 is 17.6 Å². The molecule has 1 aromatic rings. The topological polar surface area (TPSA) is 79.7 Å². The molecule has 0 aliphatic carbocycles. The number of amides is 3. The van der Waals surface area contributed by atoms with Crippen molar-refractivity contribution in [3.05, 3.63) is 29.3 Å². The molecule has 0 saturated carbocycles. The second-order valence-corrected chi connectivity index (χ2v) is 9.19. The standard InChI is InChI=1S/C25H34F3N5O2/c1-4-30-23(34)21-16-33(19-8-7-18(14-29)22(13-19)25(26,27)28)15-20(21)17-9-11-32(12-10-17)24(35)31(5-2)6-3/h7-8,13,17,20-21H,4-6,9-12,15-16H2,1-3H3,(H,30,34)/t20-,21+/m0/s1. The molecular formula is C25H34F3N5O2. The number of carbonyl (C=O) groups excluding carboxylic acids is 2. The summed E-state index contributed by atoms with van der Waals surface area (Å²) < 4.78 is 40.5. The van der Waals surface area contributed by atoms with Gasteiger partial charge in [0.05, 0.1) is 23.1 Å². The van der Waals surface area contributed by atoms with E-state index < -0.39 is 17.3 Å². The van der Waals surface area contributed by atoms with Crippen molar-refractivity contribution < 1.29 is 22.8 Å². The van der Waals surface area contributed by atoms with Crippen LogP contribution >= 0.6 is 0 Å². The fourth-order valence-corrected chi connectivity index (χ4v) is 5.37. The number of piperidine rings is 1. The SMILES string of the molecule is CCNC(=O)[C@@H]1CN(c2ccc(C#N)c(C(F)(F)F)c2)C[C@H]1C1CCN(C(=O)N(CC)CC)CC1. The highest BCUT2D eigenvalue weighted by atomic mass is 19.4. The van der Waals surface area contributed by atoms with Gasteiger partial charge in [0.1, 0.15) is 0 Å². The number of urea groups is 1. The van der Waals surface area contributed by atoms with E-state index in [0.29, 0.717) is 51.5 Å². The number of hydrogen-bond acceptors (Lipinski definition) is 4. The maximum Gasteiger partial charge on any atom is 0.417 e. The molecule has 1 N–H and O–H groups in total. The van der Waals surface area contributed by atoms with Crippen LogP contribution in [0.1, 0.15) is 44.7 Å². The van der Waals surface area contributed by atoms with Crippen LogP contribution in [0.25, 0.3) is 0 Å². The van der Waals surface area contributed by atoms with Gasteiger partial charge in [-0.2, -0.15) is 18.4 Å². The molecule has 0 bridgehead atoms. The number of benzene rings is 1. The molecule has 192 valence electrons. The minimum atomic E-state index is -4.64. The van der Waals surface area contributed by atoms with Gasteiger partial charge in [-0.25, -0.2) is 4.79 Å². The summed E-state index contributed by atoms with van der Waals surface area (Å²) in [5.74, 6) is -0.285. The number of anilines is 1. The van der Waals surface area contributed by atoms with Crippen LogP contribution in [-0.2, 0) is 11.0 Å². The first-order chi connectivity index (χ1) is 16.6. The van der Waals surface area contributed by atoms with E-state index in [1.54, 1.807) is 11.0 Å². The van der Waals surface area contributed by atoms with Crippen molar-refractivity contribution in [2.24, 2.45) is 17.8 Å². The van der Waals surface area contributed by atoms with Crippen LogP contribution in [0.2, 0.25) is 0 Å². The summed E-state index contributed by atoms with van der Waals surface area (Å²) in [6, 6.07) is 5.38. The number of nitriles is 1. The number of hydrogen-bond donors (Lipinski definition) is 1. The molecule has 0 aromatic heterocycles. The number of nitrogens with one attached hydrogen (secondary N) is 1. The predicted octanol–water partition coefficient (Wildman–Crippen LogP) is 3.94. The molecular weight excluding hydrogens is 459 g/mol. The molecule has 7 nitrogen and oxygen atoms in total. The van der Waals surface area contributed by atoms with E-state index >= 15 is 0 Å². The van der Waals surface area contributed by atoms with Gasteiger partial charge in [-0.3, -0.25) is 4.79 Å². The number of carbonyl (C=O) groups is 2. The summed E-state index contributed by atoms with van der Waals surface area (Å²) in [6.07, 6.45) is -3.13. The van der Waals surface area contributed by atoms with Crippen LogP contribution in [0, 0.1) is 29.1 Å². The Balaban J connectivity index is 1.79. The van der Waals surface area contributed by atoms with Crippen molar-refractivity contribution in [3.63, 3.8) is 0 Å². The van der Waals surface area contributed by atoms with Crippen LogP contribution in [-0.4, -0.2) is 67.6 Å². The smallest absolute Gasteiger partial charge is 0.370 e. The molecule has 2 heterocycles. The zero-order chi connectivity index (χ0) is 25.8. The van der Waals surface area contributed by atoms with E-state index in [9.17, 15) is 22.8 Å². The number of alkyl halides is 3. The fourth-order valence-electron chi connectivity index (χ4n) is 5.37. The van der Waals surface area contributed by atoms with Crippen LogP contribution < -0.4 is 10.2 Å². The van der Waals surface area contributed by atoms with Crippen LogP contribution in [0.4, 0.5) is 23.7 Å². The molecule has 0 radical (unpaired) electrons. The maximum atomic E-state index is 13.5. The first kappa shape index (κ1) is 26.6. The third-order valence-corrected chi connectivity index (χ3v) is 7.30. The zero-order valence-corrected chi connectivity index (χ0v) is 20.6. The lowest BCUT2D eigenvalue weighted by molar-refractivity contribution is -0.137. The molecule has 2 atom stereocenters. The normalized spacial score (nSPS) is 21.1. The van der Waals surface area contributed by atoms with Gasteiger partial charge in [0.15, 0.2) is 0 Å². The van der Waals surface area contributed by atoms with Gasteiger partial charge in [0.25, 0.3) is 0 Å². The van der Waals surface area contributed by atoms with Gasteiger partial charge >= 0.3 is 12.2 Å². The molecule has 0 unspecified atom stereocenters. The molecule has 10 heteroatoms. The minimum Gasteiger partial charge on any atom is -0.370 e. The lowest BCUT2D eigenvalue weighted by Crippen LogP contribution is -2.48. The Hall–Kier alpha value is -2.96. The number of rotatable bonds is 6. The summed E-state index contributed by atoms with van der Waals surface area (Å²) >= 11 is 0. The highest BCUT2D eigenvalue weighted by molar-refractivity contribution is 5.80. The Kier molecular flexibility index (Phi) is 8.51. The van der Waals surface area contributed by atoms with E-state index in [2.05, 4.69) is 5.32 Å². The second kappa shape index (κ2) is 11.2. The molecule has 2 saturated heterocycles. The minimum absolute atomic E-state index is 0.0269. The Bertz CT molecular complexity index is 949. The zero-order valence-electron chi connectivity index (χ0n) is 20.6. The molecule has 35 heavy (non-hydrogen) atoms. The lowest BCUT2D eigenvalue weighted by Gasteiger charge is -2.38. The second-order valence-electron chi connectivity index (χ2n) is 9.19. The van der Waals surface area contributed by atoms with E-state index in [4.69, 9.17) is 5.26 Å². The Morgan fingerprint density at radius 2 is 1.80 bits per heavy atom. The highest BCUT2D eigenvalue weighted by Gasteiger charge is 2.43. The van der Waals surface area contributed by atoms with Crippen LogP contribution in [0.15, 0.2) is 18.2 Å². The summed E-state index contributed by atoms with van der Waals surface area (Å²) in [6.45, 7) is 9.50. The number of likely N-dealkylation sites (tertiary alicyclic amines) is 1. The van der Waals surface area contributed by atoms with Crippen molar-refractivity contribution in [3.8, 4) is 6.07 Å². The van der Waals surface area contributed by atoms with E-state index in [-0.39, 0.29) is 29.7 Å².